The number of hydrogen-bond donors (Lipinski definition) is 1. The van der Waals surface area contributed by atoms with Crippen LogP contribution in [0.25, 0.3) is 0 Å². The fraction of sp³-hybridized carbons (Fsp3) is 0.455. The highest BCUT2D eigenvalue weighted by atomic mass is 15.5. The Morgan fingerprint density at radius 3 is 2.56 bits per heavy atom. The van der Waals surface area contributed by atoms with E-state index < -0.39 is 0 Å². The molecule has 0 aromatic heterocycles. The van der Waals surface area contributed by atoms with E-state index >= 15 is 0 Å². The molecular formula is C22H29N3+. The summed E-state index contributed by atoms with van der Waals surface area (Å²) in [7, 11) is 0. The van der Waals surface area contributed by atoms with Crippen LogP contribution in [0.4, 0.5) is 11.4 Å². The first-order chi connectivity index (χ1) is 12.2. The smallest absolute Gasteiger partial charge is 0.0687 e. The molecule has 2 aromatic rings. The van der Waals surface area contributed by atoms with Gasteiger partial charge < -0.3 is 0 Å². The number of benzene rings is 2. The van der Waals surface area contributed by atoms with Gasteiger partial charge in [0.1, 0.15) is 10.8 Å². The van der Waals surface area contributed by atoms with Crippen LogP contribution in [0.1, 0.15) is 55.9 Å². The average Bonchev–Trinajstić information content (AvgIpc) is 3.08. The summed E-state index contributed by atoms with van der Waals surface area (Å²) in [6, 6.07) is 13.1. The summed E-state index contributed by atoms with van der Waals surface area (Å²) >= 11 is 0. The molecule has 3 heteroatoms. The molecule has 0 saturated heterocycles. The van der Waals surface area contributed by atoms with Gasteiger partial charge in [-0.15, -0.1) is 0 Å². The second-order valence-corrected chi connectivity index (χ2v) is 7.39. The highest BCUT2D eigenvalue weighted by Crippen LogP contribution is 2.39. The first kappa shape index (κ1) is 17.7. The molecule has 25 heavy (non-hydrogen) atoms. The average molecular weight is 335 g/mol. The Morgan fingerprint density at radius 2 is 1.84 bits per heavy atom. The van der Waals surface area contributed by atoms with Crippen LogP contribution >= 0.6 is 0 Å². The Labute approximate surface area is 151 Å². The maximum absolute atomic E-state index is 4.39. The van der Waals surface area contributed by atoms with Crippen molar-refractivity contribution in [3.63, 3.8) is 0 Å². The van der Waals surface area contributed by atoms with Crippen LogP contribution in [-0.4, -0.2) is 0 Å². The van der Waals surface area contributed by atoms with Crippen LogP contribution in [0.15, 0.2) is 41.5 Å². The summed E-state index contributed by atoms with van der Waals surface area (Å²) in [6.45, 7) is 6.83. The summed E-state index contributed by atoms with van der Waals surface area (Å²) in [5.74, 6) is 0.615. The van der Waals surface area contributed by atoms with Gasteiger partial charge in [0.05, 0.1) is 0 Å². The van der Waals surface area contributed by atoms with Crippen molar-refractivity contribution in [3.05, 3.63) is 58.7 Å². The van der Waals surface area contributed by atoms with Crippen LogP contribution in [0.3, 0.4) is 0 Å². The number of anilines is 1. The number of unbranched alkanes of at least 4 members (excludes halogenated alkanes) is 1. The Kier molecular flexibility index (Phi) is 5.85. The zero-order valence-electron chi connectivity index (χ0n) is 15.7. The molecular weight excluding hydrogens is 306 g/mol. The molecule has 3 nitrogen and oxygen atoms in total. The quantitative estimate of drug-likeness (QED) is 0.653. The van der Waals surface area contributed by atoms with E-state index in [1.165, 1.54) is 35.1 Å². The molecule has 0 fully saturated rings. The van der Waals surface area contributed by atoms with Crippen molar-refractivity contribution in [2.24, 2.45) is 11.0 Å². The number of fused-ring (bicyclic) bond motifs is 1. The lowest BCUT2D eigenvalue weighted by Crippen LogP contribution is -2.07. The highest BCUT2D eigenvalue weighted by Gasteiger charge is 2.26. The zero-order valence-corrected chi connectivity index (χ0v) is 15.7. The minimum atomic E-state index is 0.615. The van der Waals surface area contributed by atoms with Crippen LogP contribution in [-0.2, 0) is 25.7 Å². The van der Waals surface area contributed by atoms with Crippen molar-refractivity contribution < 1.29 is 0 Å². The van der Waals surface area contributed by atoms with Crippen molar-refractivity contribution in [3.8, 4) is 0 Å². The van der Waals surface area contributed by atoms with Gasteiger partial charge >= 0.3 is 5.22 Å². The van der Waals surface area contributed by atoms with Gasteiger partial charge in [-0.05, 0) is 66.3 Å². The Balaban J connectivity index is 1.95. The summed E-state index contributed by atoms with van der Waals surface area (Å²) in [6.07, 6.45) is 6.81. The number of nitrogens with zero attached hydrogens (tertiary/aromatic N) is 2. The molecule has 0 amide bonds. The van der Waals surface area contributed by atoms with E-state index in [0.717, 1.165) is 37.1 Å². The molecule has 1 heterocycles. The van der Waals surface area contributed by atoms with E-state index in [2.05, 4.69) is 72.9 Å². The van der Waals surface area contributed by atoms with E-state index in [1.807, 2.05) is 0 Å². The molecule has 0 atom stereocenters. The molecule has 131 valence electrons. The van der Waals surface area contributed by atoms with Gasteiger partial charge in [0.15, 0.2) is 5.69 Å². The van der Waals surface area contributed by atoms with E-state index in [9.17, 15) is 0 Å². The summed E-state index contributed by atoms with van der Waals surface area (Å²) in [4.78, 5) is 0. The van der Waals surface area contributed by atoms with Gasteiger partial charge in [0, 0.05) is 0 Å². The van der Waals surface area contributed by atoms with Crippen LogP contribution in [0.5, 0.6) is 0 Å². The molecule has 1 aliphatic heterocycles. The summed E-state index contributed by atoms with van der Waals surface area (Å²) in [5.41, 5.74) is 11.0. The molecule has 0 unspecified atom stereocenters. The lowest BCUT2D eigenvalue weighted by Gasteiger charge is -2.18. The van der Waals surface area contributed by atoms with Crippen LogP contribution in [0.2, 0.25) is 0 Å². The Hall–Kier alpha value is -2.16. The second-order valence-electron chi connectivity index (χ2n) is 7.39. The Bertz CT molecular complexity index is 733. The van der Waals surface area contributed by atoms with Gasteiger partial charge in [-0.25, -0.2) is 0 Å². The minimum Gasteiger partial charge on any atom is -0.0687 e. The fourth-order valence-corrected chi connectivity index (χ4v) is 3.60. The lowest BCUT2D eigenvalue weighted by molar-refractivity contribution is 0.638. The van der Waals surface area contributed by atoms with Crippen molar-refractivity contribution in [2.75, 3.05) is 5.43 Å². The predicted octanol–water partition coefficient (Wildman–Crippen LogP) is 5.77. The van der Waals surface area contributed by atoms with Gasteiger partial charge in [0.25, 0.3) is 0 Å². The molecule has 0 aliphatic carbocycles. The highest BCUT2D eigenvalue weighted by molar-refractivity contribution is 5.74. The van der Waals surface area contributed by atoms with Crippen molar-refractivity contribution in [2.45, 2.75) is 59.3 Å². The molecule has 0 bridgehead atoms. The minimum absolute atomic E-state index is 0.615. The van der Waals surface area contributed by atoms with Crippen LogP contribution in [0, 0.1) is 5.92 Å². The SMILES string of the molecule is CCCCc1c(CCc2ccccc2)cc2c(c1CC(C)C)N=[N+]N2. The van der Waals surface area contributed by atoms with E-state index in [-0.39, 0.29) is 0 Å². The molecule has 0 saturated carbocycles. The maximum atomic E-state index is 4.39. The Morgan fingerprint density at radius 1 is 1.04 bits per heavy atom. The predicted molar refractivity (Wildman–Crippen MR) is 105 cm³/mol. The van der Waals surface area contributed by atoms with E-state index in [0.29, 0.717) is 5.92 Å². The maximum Gasteiger partial charge on any atom is 0.331 e. The largest absolute Gasteiger partial charge is 0.331 e. The molecule has 1 aliphatic rings. The van der Waals surface area contributed by atoms with Gasteiger partial charge in [-0.2, -0.15) is 0 Å². The first-order valence-electron chi connectivity index (χ1n) is 9.57. The topological polar surface area (TPSA) is 38.5 Å². The van der Waals surface area contributed by atoms with Gasteiger partial charge in [-0.3, -0.25) is 0 Å². The first-order valence-corrected chi connectivity index (χ1v) is 9.57. The normalized spacial score (nSPS) is 12.5. The lowest BCUT2D eigenvalue weighted by atomic mass is 9.87. The van der Waals surface area contributed by atoms with E-state index in [1.54, 1.807) is 0 Å². The number of aryl methyl sites for hydroxylation is 2. The summed E-state index contributed by atoms with van der Waals surface area (Å²) < 4.78 is 0. The van der Waals surface area contributed by atoms with Crippen molar-refractivity contribution in [1.29, 1.82) is 0 Å². The van der Waals surface area contributed by atoms with Crippen molar-refractivity contribution >= 4 is 11.4 Å². The third-order valence-electron chi connectivity index (χ3n) is 4.85. The number of nitrogens with one attached hydrogen (secondary N) is 1. The van der Waals surface area contributed by atoms with Crippen LogP contribution < -0.4 is 10.6 Å². The molecule has 1 N–H and O–H groups in total. The number of rotatable bonds is 8. The molecule has 2 aromatic carbocycles. The fourth-order valence-electron chi connectivity index (χ4n) is 3.60. The molecule has 3 rings (SSSR count). The molecule has 1 radical (unpaired) electrons. The second kappa shape index (κ2) is 8.28. The summed E-state index contributed by atoms with van der Waals surface area (Å²) in [5, 5.41) is 8.47. The zero-order chi connectivity index (χ0) is 17.6. The molecule has 0 spiro atoms. The van der Waals surface area contributed by atoms with Gasteiger partial charge in [-0.1, -0.05) is 62.9 Å². The third kappa shape index (κ3) is 4.28. The van der Waals surface area contributed by atoms with Crippen molar-refractivity contribution in [1.82, 2.24) is 5.22 Å². The van der Waals surface area contributed by atoms with Gasteiger partial charge in [0.2, 0.25) is 0 Å². The third-order valence-corrected chi connectivity index (χ3v) is 4.85. The van der Waals surface area contributed by atoms with E-state index in [4.69, 9.17) is 0 Å². The monoisotopic (exact) mass is 335 g/mol. The standard InChI is InChI=1S/C22H29N3/c1-4-5-11-19-18(13-12-17-9-7-6-8-10-17)15-21-22(24-25-23-21)20(19)14-16(2)3/h6-10,15-16H,4-5,11-14H2,1-3H3,(H,23,24)/q+1. The number of hydrogen-bond acceptors (Lipinski definition) is 3.